The van der Waals surface area contributed by atoms with E-state index >= 15 is 0 Å². The average molecular weight is 112 g/mol. The predicted octanol–water partition coefficient (Wildman–Crippen LogP) is 1.09. The van der Waals surface area contributed by atoms with Gasteiger partial charge in [0.15, 0.2) is 0 Å². The van der Waals surface area contributed by atoms with E-state index in [9.17, 15) is 0 Å². The Balaban J connectivity index is 2.41. The van der Waals surface area contributed by atoms with Gasteiger partial charge in [-0.15, -0.1) is 0 Å². The zero-order chi connectivity index (χ0) is 5.98. The van der Waals surface area contributed by atoms with E-state index < -0.39 is 0 Å². The summed E-state index contributed by atoms with van der Waals surface area (Å²) in [6, 6.07) is 0.639. The highest BCUT2D eigenvalue weighted by atomic mass is 15.5. The van der Waals surface area contributed by atoms with E-state index in [-0.39, 0.29) is 0 Å². The fourth-order valence-corrected chi connectivity index (χ4v) is 0.933. The third-order valence-electron chi connectivity index (χ3n) is 1.51. The largest absolute Gasteiger partial charge is 0.295 e. The Bertz CT molecular complexity index is 98.7. The first-order valence-corrected chi connectivity index (χ1v) is 3.13. The van der Waals surface area contributed by atoms with Crippen molar-refractivity contribution >= 4 is 6.21 Å². The summed E-state index contributed by atoms with van der Waals surface area (Å²) in [5.41, 5.74) is 0. The van der Waals surface area contributed by atoms with Crippen LogP contribution in [0.1, 0.15) is 20.3 Å². The van der Waals surface area contributed by atoms with E-state index in [1.54, 1.807) is 0 Å². The van der Waals surface area contributed by atoms with Crippen LogP contribution in [0.15, 0.2) is 5.10 Å². The lowest BCUT2D eigenvalue weighted by Gasteiger charge is -2.16. The van der Waals surface area contributed by atoms with Crippen molar-refractivity contribution < 1.29 is 0 Å². The van der Waals surface area contributed by atoms with Crippen molar-refractivity contribution in [1.29, 1.82) is 0 Å². The maximum atomic E-state index is 4.14. The fourth-order valence-electron chi connectivity index (χ4n) is 0.933. The fraction of sp³-hybridized carbons (Fsp3) is 0.833. The molecular formula is C6H12N2. The van der Waals surface area contributed by atoms with Gasteiger partial charge in [0.05, 0.1) is 0 Å². The van der Waals surface area contributed by atoms with Crippen LogP contribution in [0, 0.1) is 0 Å². The normalized spacial score (nSPS) is 27.2. The lowest BCUT2D eigenvalue weighted by Crippen LogP contribution is -2.22. The molecule has 46 valence electrons. The van der Waals surface area contributed by atoms with Crippen LogP contribution in [0.5, 0.6) is 0 Å². The molecule has 0 aromatic heterocycles. The summed E-state index contributed by atoms with van der Waals surface area (Å²) in [6.07, 6.45) is 3.10. The second-order valence-electron chi connectivity index (χ2n) is 2.14. The maximum absolute atomic E-state index is 4.14. The van der Waals surface area contributed by atoms with Gasteiger partial charge in [-0.25, -0.2) is 0 Å². The van der Waals surface area contributed by atoms with Crippen molar-refractivity contribution in [3.05, 3.63) is 0 Å². The zero-order valence-corrected chi connectivity index (χ0v) is 5.46. The third-order valence-corrected chi connectivity index (χ3v) is 1.51. The van der Waals surface area contributed by atoms with E-state index in [2.05, 4.69) is 24.0 Å². The molecule has 1 atom stereocenters. The molecule has 1 aliphatic rings. The molecule has 1 unspecified atom stereocenters. The maximum Gasteiger partial charge on any atom is 0.0492 e. The van der Waals surface area contributed by atoms with Gasteiger partial charge < -0.3 is 0 Å². The first-order chi connectivity index (χ1) is 3.84. The minimum Gasteiger partial charge on any atom is -0.295 e. The number of hydrogen-bond acceptors (Lipinski definition) is 2. The molecule has 0 bridgehead atoms. The molecular weight excluding hydrogens is 100 g/mol. The Morgan fingerprint density at radius 1 is 1.88 bits per heavy atom. The van der Waals surface area contributed by atoms with E-state index in [1.165, 1.54) is 0 Å². The van der Waals surface area contributed by atoms with Gasteiger partial charge in [-0.1, -0.05) is 0 Å². The van der Waals surface area contributed by atoms with E-state index in [1.807, 2.05) is 6.21 Å². The Kier molecular flexibility index (Phi) is 1.51. The Morgan fingerprint density at radius 2 is 2.62 bits per heavy atom. The number of hydrogen-bond donors (Lipinski definition) is 0. The predicted molar refractivity (Wildman–Crippen MR) is 35.0 cm³/mol. The highest BCUT2D eigenvalue weighted by molar-refractivity contribution is 5.59. The van der Waals surface area contributed by atoms with Gasteiger partial charge in [0, 0.05) is 25.2 Å². The molecule has 0 aromatic carbocycles. The van der Waals surface area contributed by atoms with E-state index in [4.69, 9.17) is 0 Å². The van der Waals surface area contributed by atoms with E-state index in [0.717, 1.165) is 13.0 Å². The lowest BCUT2D eigenvalue weighted by molar-refractivity contribution is 0.259. The third kappa shape index (κ3) is 0.831. The van der Waals surface area contributed by atoms with Gasteiger partial charge in [-0.2, -0.15) is 5.10 Å². The molecule has 1 heterocycles. The smallest absolute Gasteiger partial charge is 0.0492 e. The zero-order valence-electron chi connectivity index (χ0n) is 5.46. The van der Waals surface area contributed by atoms with Crippen molar-refractivity contribution in [3.8, 4) is 0 Å². The van der Waals surface area contributed by atoms with Crippen LogP contribution in [0.3, 0.4) is 0 Å². The number of hydrazone groups is 1. The summed E-state index contributed by atoms with van der Waals surface area (Å²) >= 11 is 0. The molecule has 8 heavy (non-hydrogen) atoms. The van der Waals surface area contributed by atoms with Crippen LogP contribution in [0.25, 0.3) is 0 Å². The minimum atomic E-state index is 0.639. The van der Waals surface area contributed by atoms with E-state index in [0.29, 0.717) is 6.04 Å². The summed E-state index contributed by atoms with van der Waals surface area (Å²) in [5.74, 6) is 0. The molecule has 0 saturated heterocycles. The molecule has 1 aliphatic heterocycles. The second kappa shape index (κ2) is 2.16. The molecule has 0 spiro atoms. The standard InChI is InChI=1S/C6H12N2/c1-3-8-6(2)4-5-7-8/h5-6H,3-4H2,1-2H3. The quantitative estimate of drug-likeness (QED) is 0.495. The Morgan fingerprint density at radius 3 is 2.88 bits per heavy atom. The van der Waals surface area contributed by atoms with Gasteiger partial charge >= 0.3 is 0 Å². The van der Waals surface area contributed by atoms with Crippen molar-refractivity contribution in [1.82, 2.24) is 5.01 Å². The van der Waals surface area contributed by atoms with Crippen LogP contribution in [-0.4, -0.2) is 23.8 Å². The monoisotopic (exact) mass is 112 g/mol. The summed E-state index contributed by atoms with van der Waals surface area (Å²) in [7, 11) is 0. The van der Waals surface area contributed by atoms with Crippen LogP contribution in [0.4, 0.5) is 0 Å². The van der Waals surface area contributed by atoms with Gasteiger partial charge in [-0.3, -0.25) is 5.01 Å². The van der Waals surface area contributed by atoms with Crippen molar-refractivity contribution in [2.24, 2.45) is 5.10 Å². The highest BCUT2D eigenvalue weighted by Crippen LogP contribution is 2.07. The summed E-state index contributed by atoms with van der Waals surface area (Å²) in [4.78, 5) is 0. The molecule has 0 aromatic rings. The molecule has 0 amide bonds. The first kappa shape index (κ1) is 5.60. The van der Waals surface area contributed by atoms with Crippen molar-refractivity contribution in [3.63, 3.8) is 0 Å². The molecule has 1 rings (SSSR count). The molecule has 0 fully saturated rings. The summed E-state index contributed by atoms with van der Waals surface area (Å²) in [6.45, 7) is 5.35. The second-order valence-corrected chi connectivity index (χ2v) is 2.14. The van der Waals surface area contributed by atoms with Crippen LogP contribution >= 0.6 is 0 Å². The molecule has 0 saturated carbocycles. The first-order valence-electron chi connectivity index (χ1n) is 3.13. The summed E-state index contributed by atoms with van der Waals surface area (Å²) < 4.78 is 0. The Hall–Kier alpha value is -0.530. The Labute approximate surface area is 50.2 Å². The van der Waals surface area contributed by atoms with Crippen molar-refractivity contribution in [2.75, 3.05) is 6.54 Å². The molecule has 2 heteroatoms. The highest BCUT2D eigenvalue weighted by Gasteiger charge is 2.11. The van der Waals surface area contributed by atoms with Crippen LogP contribution in [0.2, 0.25) is 0 Å². The minimum absolute atomic E-state index is 0.639. The molecule has 0 radical (unpaired) electrons. The SMILES string of the molecule is CCN1N=CCC1C. The summed E-state index contributed by atoms with van der Waals surface area (Å²) in [5, 5.41) is 6.24. The molecule has 2 nitrogen and oxygen atoms in total. The lowest BCUT2D eigenvalue weighted by atomic mass is 10.3. The average Bonchev–Trinajstić information content (AvgIpc) is 2.14. The number of nitrogens with zero attached hydrogens (tertiary/aromatic N) is 2. The van der Waals surface area contributed by atoms with Crippen LogP contribution in [-0.2, 0) is 0 Å². The van der Waals surface area contributed by atoms with Crippen LogP contribution < -0.4 is 0 Å². The number of rotatable bonds is 1. The van der Waals surface area contributed by atoms with Gasteiger partial charge in [0.1, 0.15) is 0 Å². The van der Waals surface area contributed by atoms with Gasteiger partial charge in [-0.05, 0) is 13.8 Å². The van der Waals surface area contributed by atoms with Gasteiger partial charge in [0.25, 0.3) is 0 Å². The topological polar surface area (TPSA) is 15.6 Å². The van der Waals surface area contributed by atoms with Crippen molar-refractivity contribution in [2.45, 2.75) is 26.3 Å². The molecule has 0 N–H and O–H groups in total. The molecule has 0 aliphatic carbocycles. The van der Waals surface area contributed by atoms with Gasteiger partial charge in [0.2, 0.25) is 0 Å².